The molecule has 0 aliphatic carbocycles. The maximum atomic E-state index is 3.53. The van der Waals surface area contributed by atoms with E-state index in [0.717, 1.165) is 26.2 Å². The normalized spacial score (nSPS) is 20.8. The van der Waals surface area contributed by atoms with Gasteiger partial charge in [0.15, 0.2) is 0 Å². The fourth-order valence-electron chi connectivity index (χ4n) is 2.52. The standard InChI is InChI=1S/C15H24N2/c1-13-6-4-7-14(10-13)17-9-5-8-16-11-15(2,3)12-17/h4,6-7,10,16H,5,8-9,11-12H2,1-3H3. The Hall–Kier alpha value is -1.02. The number of aryl methyl sites for hydroxylation is 1. The van der Waals surface area contributed by atoms with Crippen molar-refractivity contribution in [2.75, 3.05) is 31.1 Å². The molecule has 17 heavy (non-hydrogen) atoms. The SMILES string of the molecule is Cc1cccc(N2CCCNCC(C)(C)C2)c1. The summed E-state index contributed by atoms with van der Waals surface area (Å²) in [5, 5.41) is 3.53. The van der Waals surface area contributed by atoms with Crippen LogP contribution in [0.2, 0.25) is 0 Å². The van der Waals surface area contributed by atoms with Crippen LogP contribution in [0.1, 0.15) is 25.8 Å². The summed E-state index contributed by atoms with van der Waals surface area (Å²) in [5.74, 6) is 0. The minimum Gasteiger partial charge on any atom is -0.371 e. The summed E-state index contributed by atoms with van der Waals surface area (Å²) in [6, 6.07) is 8.86. The molecule has 94 valence electrons. The average molecular weight is 232 g/mol. The van der Waals surface area contributed by atoms with E-state index in [1.54, 1.807) is 0 Å². The molecule has 0 spiro atoms. The molecular formula is C15H24N2. The minimum absolute atomic E-state index is 0.337. The first-order chi connectivity index (χ1) is 8.07. The number of nitrogens with one attached hydrogen (secondary N) is 1. The highest BCUT2D eigenvalue weighted by atomic mass is 15.1. The first-order valence-corrected chi connectivity index (χ1v) is 6.59. The fraction of sp³-hybridized carbons (Fsp3) is 0.600. The van der Waals surface area contributed by atoms with Crippen LogP contribution in [0.5, 0.6) is 0 Å². The second-order valence-corrected chi connectivity index (χ2v) is 5.96. The second-order valence-electron chi connectivity index (χ2n) is 5.96. The van der Waals surface area contributed by atoms with Gasteiger partial charge in [-0.1, -0.05) is 26.0 Å². The van der Waals surface area contributed by atoms with Crippen LogP contribution >= 0.6 is 0 Å². The van der Waals surface area contributed by atoms with Crippen molar-refractivity contribution in [1.29, 1.82) is 0 Å². The van der Waals surface area contributed by atoms with Crippen molar-refractivity contribution in [3.8, 4) is 0 Å². The summed E-state index contributed by atoms with van der Waals surface area (Å²) in [5.41, 5.74) is 3.06. The lowest BCUT2D eigenvalue weighted by Crippen LogP contribution is -2.44. The van der Waals surface area contributed by atoms with Crippen molar-refractivity contribution in [2.45, 2.75) is 27.2 Å². The van der Waals surface area contributed by atoms with Gasteiger partial charge in [0.25, 0.3) is 0 Å². The van der Waals surface area contributed by atoms with Gasteiger partial charge < -0.3 is 10.2 Å². The molecule has 1 N–H and O–H groups in total. The van der Waals surface area contributed by atoms with Gasteiger partial charge in [-0.2, -0.15) is 0 Å². The van der Waals surface area contributed by atoms with E-state index in [4.69, 9.17) is 0 Å². The summed E-state index contributed by atoms with van der Waals surface area (Å²) >= 11 is 0. The molecular weight excluding hydrogens is 208 g/mol. The van der Waals surface area contributed by atoms with Gasteiger partial charge in [-0.05, 0) is 43.0 Å². The lowest BCUT2D eigenvalue weighted by atomic mass is 9.91. The zero-order valence-electron chi connectivity index (χ0n) is 11.3. The Morgan fingerprint density at radius 1 is 1.29 bits per heavy atom. The molecule has 0 saturated carbocycles. The molecule has 1 aromatic carbocycles. The Balaban J connectivity index is 2.17. The van der Waals surface area contributed by atoms with E-state index in [9.17, 15) is 0 Å². The van der Waals surface area contributed by atoms with Gasteiger partial charge in [0.1, 0.15) is 0 Å². The van der Waals surface area contributed by atoms with Crippen LogP contribution in [0.25, 0.3) is 0 Å². The smallest absolute Gasteiger partial charge is 0.0369 e. The summed E-state index contributed by atoms with van der Waals surface area (Å²) in [7, 11) is 0. The molecule has 2 nitrogen and oxygen atoms in total. The summed E-state index contributed by atoms with van der Waals surface area (Å²) in [6.45, 7) is 11.4. The van der Waals surface area contributed by atoms with E-state index in [1.165, 1.54) is 17.7 Å². The van der Waals surface area contributed by atoms with E-state index >= 15 is 0 Å². The van der Waals surface area contributed by atoms with E-state index in [1.807, 2.05) is 0 Å². The lowest BCUT2D eigenvalue weighted by molar-refractivity contribution is 0.325. The Labute approximate surface area is 105 Å². The number of nitrogens with zero attached hydrogens (tertiary/aromatic N) is 1. The zero-order chi connectivity index (χ0) is 12.3. The van der Waals surface area contributed by atoms with Crippen LogP contribution in [-0.2, 0) is 0 Å². The molecule has 1 aliphatic heterocycles. The number of rotatable bonds is 1. The number of anilines is 1. The van der Waals surface area contributed by atoms with Gasteiger partial charge in [-0.15, -0.1) is 0 Å². The number of hydrogen-bond donors (Lipinski definition) is 1. The largest absolute Gasteiger partial charge is 0.371 e. The van der Waals surface area contributed by atoms with Gasteiger partial charge in [-0.3, -0.25) is 0 Å². The predicted molar refractivity (Wildman–Crippen MR) is 74.7 cm³/mol. The molecule has 0 radical (unpaired) electrons. The first-order valence-electron chi connectivity index (χ1n) is 6.59. The van der Waals surface area contributed by atoms with Crippen molar-refractivity contribution in [1.82, 2.24) is 5.32 Å². The molecule has 1 saturated heterocycles. The topological polar surface area (TPSA) is 15.3 Å². The van der Waals surface area contributed by atoms with Crippen LogP contribution in [0, 0.1) is 12.3 Å². The number of benzene rings is 1. The molecule has 1 heterocycles. The van der Waals surface area contributed by atoms with Crippen LogP contribution < -0.4 is 10.2 Å². The van der Waals surface area contributed by atoms with Crippen molar-refractivity contribution < 1.29 is 0 Å². The Kier molecular flexibility index (Phi) is 3.72. The molecule has 0 unspecified atom stereocenters. The number of hydrogen-bond acceptors (Lipinski definition) is 2. The summed E-state index contributed by atoms with van der Waals surface area (Å²) in [6.07, 6.45) is 1.23. The van der Waals surface area contributed by atoms with Crippen LogP contribution in [0.3, 0.4) is 0 Å². The third-order valence-corrected chi connectivity index (χ3v) is 3.37. The van der Waals surface area contributed by atoms with E-state index in [0.29, 0.717) is 5.41 Å². The average Bonchev–Trinajstić information content (AvgIpc) is 2.24. The van der Waals surface area contributed by atoms with Gasteiger partial charge in [0.2, 0.25) is 0 Å². The molecule has 2 rings (SSSR count). The van der Waals surface area contributed by atoms with Gasteiger partial charge in [0.05, 0.1) is 0 Å². The van der Waals surface area contributed by atoms with Crippen molar-refractivity contribution in [2.24, 2.45) is 5.41 Å². The first kappa shape index (κ1) is 12.4. The highest BCUT2D eigenvalue weighted by molar-refractivity contribution is 5.48. The maximum Gasteiger partial charge on any atom is 0.0369 e. The third kappa shape index (κ3) is 3.47. The van der Waals surface area contributed by atoms with Crippen LogP contribution in [-0.4, -0.2) is 26.2 Å². The molecule has 0 bridgehead atoms. The van der Waals surface area contributed by atoms with Crippen molar-refractivity contribution in [3.63, 3.8) is 0 Å². The maximum absolute atomic E-state index is 3.53. The molecule has 0 amide bonds. The summed E-state index contributed by atoms with van der Waals surface area (Å²) < 4.78 is 0. The van der Waals surface area contributed by atoms with E-state index in [2.05, 4.69) is 55.3 Å². The van der Waals surface area contributed by atoms with E-state index < -0.39 is 0 Å². The second kappa shape index (κ2) is 5.09. The molecule has 1 fully saturated rings. The third-order valence-electron chi connectivity index (χ3n) is 3.37. The monoisotopic (exact) mass is 232 g/mol. The predicted octanol–water partition coefficient (Wildman–Crippen LogP) is 2.82. The fourth-order valence-corrected chi connectivity index (χ4v) is 2.52. The quantitative estimate of drug-likeness (QED) is 0.801. The molecule has 1 aliphatic rings. The molecule has 0 atom stereocenters. The highest BCUT2D eigenvalue weighted by Crippen LogP contribution is 2.23. The highest BCUT2D eigenvalue weighted by Gasteiger charge is 2.23. The Morgan fingerprint density at radius 3 is 2.88 bits per heavy atom. The van der Waals surface area contributed by atoms with Gasteiger partial charge >= 0.3 is 0 Å². The minimum atomic E-state index is 0.337. The zero-order valence-corrected chi connectivity index (χ0v) is 11.3. The molecule has 2 heteroatoms. The van der Waals surface area contributed by atoms with Crippen molar-refractivity contribution in [3.05, 3.63) is 29.8 Å². The van der Waals surface area contributed by atoms with Crippen molar-refractivity contribution >= 4 is 5.69 Å². The Bertz CT molecular complexity index is 371. The summed E-state index contributed by atoms with van der Waals surface area (Å²) in [4.78, 5) is 2.54. The van der Waals surface area contributed by atoms with Gasteiger partial charge in [-0.25, -0.2) is 0 Å². The van der Waals surface area contributed by atoms with Crippen LogP contribution in [0.15, 0.2) is 24.3 Å². The van der Waals surface area contributed by atoms with Crippen LogP contribution in [0.4, 0.5) is 5.69 Å². The van der Waals surface area contributed by atoms with E-state index in [-0.39, 0.29) is 0 Å². The molecule has 0 aromatic heterocycles. The lowest BCUT2D eigenvalue weighted by Gasteiger charge is -2.37. The van der Waals surface area contributed by atoms with Gasteiger partial charge in [0, 0.05) is 25.3 Å². The Morgan fingerprint density at radius 2 is 2.12 bits per heavy atom. The molecule has 1 aromatic rings.